The van der Waals surface area contributed by atoms with Crippen LogP contribution < -0.4 is 0 Å². The number of β-amino-alcohol motifs (C(OH)–C–C–N with tert-alkyl or cyclic N) is 1. The van der Waals surface area contributed by atoms with Crippen molar-refractivity contribution in [1.82, 2.24) is 4.90 Å². The lowest BCUT2D eigenvalue weighted by Crippen LogP contribution is -2.38. The van der Waals surface area contributed by atoms with Gasteiger partial charge in [-0.25, -0.2) is 0 Å². The van der Waals surface area contributed by atoms with E-state index in [4.69, 9.17) is 0 Å². The van der Waals surface area contributed by atoms with Gasteiger partial charge >= 0.3 is 0 Å². The number of carbonyl (C=O) groups is 1. The van der Waals surface area contributed by atoms with E-state index in [1.807, 2.05) is 24.3 Å². The second-order valence-corrected chi connectivity index (χ2v) is 7.06. The fraction of sp³-hybridized carbons (Fsp3) is 0.389. The molecule has 1 aromatic heterocycles. The van der Waals surface area contributed by atoms with Crippen molar-refractivity contribution in [3.63, 3.8) is 0 Å². The maximum Gasteiger partial charge on any atom is 0.264 e. The number of nitrogens with zero attached hydrogens (tertiary/aromatic N) is 1. The van der Waals surface area contributed by atoms with E-state index in [2.05, 4.69) is 5.38 Å². The van der Waals surface area contributed by atoms with Crippen LogP contribution in [0.5, 0.6) is 0 Å². The Kier molecular flexibility index (Phi) is 3.51. The zero-order valence-corrected chi connectivity index (χ0v) is 13.2. The molecule has 114 valence electrons. The largest absolute Gasteiger partial charge is 0.387 e. The Morgan fingerprint density at radius 2 is 2.00 bits per heavy atom. The number of benzene rings is 1. The highest BCUT2D eigenvalue weighted by Crippen LogP contribution is 2.33. The number of fused-ring (bicyclic) bond motifs is 2. The molecule has 4 heteroatoms. The summed E-state index contributed by atoms with van der Waals surface area (Å²) in [5.41, 5.74) is 4.63. The van der Waals surface area contributed by atoms with Crippen LogP contribution in [0.4, 0.5) is 0 Å². The number of rotatable bonds is 1. The van der Waals surface area contributed by atoms with E-state index in [1.165, 1.54) is 24.0 Å². The second-order valence-electron chi connectivity index (χ2n) is 6.18. The molecule has 2 heterocycles. The van der Waals surface area contributed by atoms with Gasteiger partial charge in [-0.15, -0.1) is 11.3 Å². The molecular weight excluding hydrogens is 294 g/mol. The first-order chi connectivity index (χ1) is 10.7. The van der Waals surface area contributed by atoms with Crippen LogP contribution in [0, 0.1) is 0 Å². The highest BCUT2D eigenvalue weighted by molar-refractivity contribution is 7.12. The van der Waals surface area contributed by atoms with E-state index in [0.29, 0.717) is 13.1 Å². The molecule has 0 bridgehead atoms. The lowest BCUT2D eigenvalue weighted by molar-refractivity contribution is 0.0553. The molecule has 1 amide bonds. The van der Waals surface area contributed by atoms with Crippen LogP contribution in [-0.2, 0) is 19.4 Å². The zero-order valence-electron chi connectivity index (χ0n) is 12.4. The Labute approximate surface area is 134 Å². The van der Waals surface area contributed by atoms with Gasteiger partial charge < -0.3 is 10.0 Å². The average Bonchev–Trinajstić information content (AvgIpc) is 2.98. The lowest BCUT2D eigenvalue weighted by atomic mass is 9.93. The van der Waals surface area contributed by atoms with Crippen molar-refractivity contribution in [1.29, 1.82) is 0 Å². The number of aryl methyl sites for hydroxylation is 1. The number of amides is 1. The molecule has 0 saturated carbocycles. The van der Waals surface area contributed by atoms with Crippen molar-refractivity contribution in [2.45, 2.75) is 38.3 Å². The third kappa shape index (κ3) is 2.27. The van der Waals surface area contributed by atoms with Gasteiger partial charge in [0.2, 0.25) is 0 Å². The smallest absolute Gasteiger partial charge is 0.264 e. The maximum atomic E-state index is 12.9. The van der Waals surface area contributed by atoms with Crippen LogP contribution in [0.15, 0.2) is 29.6 Å². The van der Waals surface area contributed by atoms with Crippen molar-refractivity contribution < 1.29 is 9.90 Å². The summed E-state index contributed by atoms with van der Waals surface area (Å²) in [6, 6.07) is 7.86. The SMILES string of the molecule is O=C(c1scc2c1CCCC2)N1Cc2ccccc2[C@H](O)C1. The number of hydrogen-bond donors (Lipinski definition) is 1. The van der Waals surface area contributed by atoms with Crippen molar-refractivity contribution in [2.24, 2.45) is 0 Å². The Balaban J connectivity index is 1.63. The first kappa shape index (κ1) is 14.0. The van der Waals surface area contributed by atoms with Gasteiger partial charge in [0.25, 0.3) is 5.91 Å². The number of thiophene rings is 1. The van der Waals surface area contributed by atoms with Gasteiger partial charge in [0.05, 0.1) is 17.5 Å². The van der Waals surface area contributed by atoms with Crippen LogP contribution in [0.2, 0.25) is 0 Å². The molecule has 0 unspecified atom stereocenters. The first-order valence-electron chi connectivity index (χ1n) is 7.88. The highest BCUT2D eigenvalue weighted by atomic mass is 32.1. The van der Waals surface area contributed by atoms with Crippen LogP contribution in [0.1, 0.15) is 50.9 Å². The summed E-state index contributed by atoms with van der Waals surface area (Å²) >= 11 is 1.58. The molecule has 1 N–H and O–H groups in total. The minimum atomic E-state index is -0.579. The minimum absolute atomic E-state index is 0.0849. The first-order valence-corrected chi connectivity index (χ1v) is 8.76. The molecule has 0 saturated heterocycles. The Morgan fingerprint density at radius 1 is 1.18 bits per heavy atom. The van der Waals surface area contributed by atoms with E-state index in [-0.39, 0.29) is 5.91 Å². The van der Waals surface area contributed by atoms with Crippen LogP contribution in [0.25, 0.3) is 0 Å². The second kappa shape index (κ2) is 5.52. The fourth-order valence-electron chi connectivity index (χ4n) is 3.58. The van der Waals surface area contributed by atoms with Crippen LogP contribution >= 0.6 is 11.3 Å². The van der Waals surface area contributed by atoms with Gasteiger partial charge in [0, 0.05) is 6.54 Å². The summed E-state index contributed by atoms with van der Waals surface area (Å²) in [4.78, 5) is 15.6. The van der Waals surface area contributed by atoms with E-state index < -0.39 is 6.10 Å². The van der Waals surface area contributed by atoms with E-state index in [1.54, 1.807) is 16.2 Å². The van der Waals surface area contributed by atoms with Crippen molar-refractivity contribution >= 4 is 17.2 Å². The normalized spacial score (nSPS) is 20.4. The Hall–Kier alpha value is -1.65. The predicted molar refractivity (Wildman–Crippen MR) is 87.1 cm³/mol. The predicted octanol–water partition coefficient (Wildman–Crippen LogP) is 3.32. The highest BCUT2D eigenvalue weighted by Gasteiger charge is 2.30. The van der Waals surface area contributed by atoms with Gasteiger partial charge in [-0.2, -0.15) is 0 Å². The van der Waals surface area contributed by atoms with E-state index in [9.17, 15) is 9.90 Å². The lowest BCUT2D eigenvalue weighted by Gasteiger charge is -2.32. The van der Waals surface area contributed by atoms with Crippen LogP contribution in [-0.4, -0.2) is 22.5 Å². The Bertz CT molecular complexity index is 722. The third-order valence-corrected chi connectivity index (χ3v) is 5.81. The van der Waals surface area contributed by atoms with Crippen molar-refractivity contribution in [3.8, 4) is 0 Å². The molecule has 0 radical (unpaired) electrons. The van der Waals surface area contributed by atoms with E-state index >= 15 is 0 Å². The van der Waals surface area contributed by atoms with Gasteiger partial charge in [-0.1, -0.05) is 24.3 Å². The molecule has 2 aliphatic rings. The zero-order chi connectivity index (χ0) is 15.1. The number of hydrogen-bond acceptors (Lipinski definition) is 3. The molecule has 2 aromatic rings. The summed E-state index contributed by atoms with van der Waals surface area (Å²) < 4.78 is 0. The molecule has 1 aromatic carbocycles. The molecule has 3 nitrogen and oxygen atoms in total. The molecular formula is C18H19NO2S. The number of aliphatic hydroxyl groups is 1. The summed E-state index contributed by atoms with van der Waals surface area (Å²) in [5, 5.41) is 12.5. The fourth-order valence-corrected chi connectivity index (χ4v) is 4.70. The number of aliphatic hydroxyl groups excluding tert-OH is 1. The van der Waals surface area contributed by atoms with Gasteiger partial charge in [-0.3, -0.25) is 4.79 Å². The summed E-state index contributed by atoms with van der Waals surface area (Å²) in [6.07, 6.45) is 3.95. The maximum absolute atomic E-state index is 12.9. The molecule has 0 spiro atoms. The van der Waals surface area contributed by atoms with Gasteiger partial charge in [0.15, 0.2) is 0 Å². The van der Waals surface area contributed by atoms with Crippen LogP contribution in [0.3, 0.4) is 0 Å². The van der Waals surface area contributed by atoms with Crippen molar-refractivity contribution in [2.75, 3.05) is 6.54 Å². The third-order valence-electron chi connectivity index (χ3n) is 4.75. The molecule has 1 atom stereocenters. The minimum Gasteiger partial charge on any atom is -0.387 e. The quantitative estimate of drug-likeness (QED) is 0.877. The van der Waals surface area contributed by atoms with E-state index in [0.717, 1.165) is 28.8 Å². The molecule has 1 aliphatic heterocycles. The summed E-state index contributed by atoms with van der Waals surface area (Å²) in [6.45, 7) is 0.987. The molecule has 1 aliphatic carbocycles. The molecule has 22 heavy (non-hydrogen) atoms. The van der Waals surface area contributed by atoms with Gasteiger partial charge in [-0.05, 0) is 53.3 Å². The summed E-state index contributed by atoms with van der Waals surface area (Å²) in [5.74, 6) is 0.0849. The average molecular weight is 313 g/mol. The van der Waals surface area contributed by atoms with Crippen molar-refractivity contribution in [3.05, 3.63) is 56.8 Å². The number of carbonyl (C=O) groups excluding carboxylic acids is 1. The molecule has 0 fully saturated rings. The standard InChI is InChI=1S/C18H19NO2S/c20-16-10-19(9-12-5-1-3-7-14(12)16)18(21)17-15-8-4-2-6-13(15)11-22-17/h1,3,5,7,11,16,20H,2,4,6,8-10H2/t16-/m1/s1. The monoisotopic (exact) mass is 313 g/mol. The summed E-state index contributed by atoms with van der Waals surface area (Å²) in [7, 11) is 0. The Morgan fingerprint density at radius 3 is 2.91 bits per heavy atom. The topological polar surface area (TPSA) is 40.5 Å². The molecule has 4 rings (SSSR count). The van der Waals surface area contributed by atoms with Gasteiger partial charge in [0.1, 0.15) is 0 Å².